The average Bonchev–Trinajstić information content (AvgIpc) is 2.79. The molecule has 188 valence electrons. The van der Waals surface area contributed by atoms with Crippen molar-refractivity contribution in [1.29, 1.82) is 0 Å². The van der Waals surface area contributed by atoms with E-state index in [1.165, 1.54) is 70.6 Å². The van der Waals surface area contributed by atoms with E-state index >= 15 is 0 Å². The van der Waals surface area contributed by atoms with Crippen LogP contribution < -0.4 is 0 Å². The van der Waals surface area contributed by atoms with E-state index in [4.69, 9.17) is 21.1 Å². The van der Waals surface area contributed by atoms with Gasteiger partial charge in [0.1, 0.15) is 0 Å². The first-order valence-corrected chi connectivity index (χ1v) is 13.5. The number of benzene rings is 1. The number of carbonyl (C=O) groups is 2. The fraction of sp³-hybridized carbons (Fsp3) is 0.714. The molecular formula is C28H45ClO4. The third kappa shape index (κ3) is 18.6. The molecule has 4 nitrogen and oxygen atoms in total. The third-order valence-corrected chi connectivity index (χ3v) is 6.05. The van der Waals surface area contributed by atoms with Crippen LogP contribution in [-0.4, -0.2) is 25.2 Å². The molecule has 0 saturated heterocycles. The average molecular weight is 481 g/mol. The van der Waals surface area contributed by atoms with Crippen LogP contribution in [0.5, 0.6) is 0 Å². The van der Waals surface area contributed by atoms with Gasteiger partial charge in [-0.25, -0.2) is 0 Å². The summed E-state index contributed by atoms with van der Waals surface area (Å²) < 4.78 is 10.5. The Labute approximate surface area is 206 Å². The van der Waals surface area contributed by atoms with Crippen LogP contribution in [0.3, 0.4) is 0 Å². The summed E-state index contributed by atoms with van der Waals surface area (Å²) in [5.74, 6) is -0.498. The number of hydrogen-bond donors (Lipinski definition) is 0. The van der Waals surface area contributed by atoms with E-state index in [0.29, 0.717) is 31.1 Å². The first-order chi connectivity index (χ1) is 16.1. The molecule has 0 bridgehead atoms. The van der Waals surface area contributed by atoms with Gasteiger partial charge in [-0.05, 0) is 30.5 Å². The second-order valence-corrected chi connectivity index (χ2v) is 9.35. The Balaban J connectivity index is 1.84. The van der Waals surface area contributed by atoms with Crippen molar-refractivity contribution >= 4 is 23.5 Å². The van der Waals surface area contributed by atoms with Crippen molar-refractivity contribution in [2.75, 3.05) is 13.2 Å². The molecule has 0 fully saturated rings. The molecule has 5 heteroatoms. The van der Waals surface area contributed by atoms with Gasteiger partial charge in [-0.2, -0.15) is 0 Å². The highest BCUT2D eigenvalue weighted by Crippen LogP contribution is 2.13. The fourth-order valence-electron chi connectivity index (χ4n) is 3.80. The lowest BCUT2D eigenvalue weighted by atomic mass is 10.0. The first-order valence-electron chi connectivity index (χ1n) is 13.2. The molecule has 0 aliphatic heterocycles. The number of esters is 2. The maximum absolute atomic E-state index is 11.8. The highest BCUT2D eigenvalue weighted by atomic mass is 35.5. The van der Waals surface area contributed by atoms with Crippen molar-refractivity contribution in [2.24, 2.45) is 0 Å². The molecule has 33 heavy (non-hydrogen) atoms. The molecule has 0 aromatic heterocycles. The van der Waals surface area contributed by atoms with Crippen LogP contribution in [0.2, 0.25) is 5.02 Å². The molecule has 0 N–H and O–H groups in total. The summed E-state index contributed by atoms with van der Waals surface area (Å²) in [6.07, 6.45) is 18.5. The van der Waals surface area contributed by atoms with Gasteiger partial charge in [0, 0.05) is 24.3 Å². The first kappa shape index (κ1) is 29.5. The lowest BCUT2D eigenvalue weighted by molar-refractivity contribution is -0.145. The quantitative estimate of drug-likeness (QED) is 0.131. The van der Waals surface area contributed by atoms with E-state index in [0.717, 1.165) is 18.4 Å². The van der Waals surface area contributed by atoms with E-state index < -0.39 is 0 Å². The topological polar surface area (TPSA) is 52.6 Å². The van der Waals surface area contributed by atoms with Gasteiger partial charge in [-0.1, -0.05) is 108 Å². The minimum Gasteiger partial charge on any atom is -0.466 e. The Kier molecular flexibility index (Phi) is 18.8. The summed E-state index contributed by atoms with van der Waals surface area (Å²) in [7, 11) is 0. The summed E-state index contributed by atoms with van der Waals surface area (Å²) in [5, 5.41) is 0.677. The van der Waals surface area contributed by atoms with Gasteiger partial charge < -0.3 is 9.47 Å². The highest BCUT2D eigenvalue weighted by Gasteiger charge is 2.07. The largest absolute Gasteiger partial charge is 0.466 e. The molecule has 0 spiro atoms. The predicted octanol–water partition coefficient (Wildman–Crippen LogP) is 8.23. The number of carbonyl (C=O) groups excluding carboxylic acids is 2. The Bertz CT molecular complexity index is 632. The summed E-state index contributed by atoms with van der Waals surface area (Å²) in [5.41, 5.74) is 1.03. The molecule has 0 radical (unpaired) electrons. The Morgan fingerprint density at radius 3 is 1.76 bits per heavy atom. The van der Waals surface area contributed by atoms with Gasteiger partial charge >= 0.3 is 11.9 Å². The van der Waals surface area contributed by atoms with Gasteiger partial charge in [0.05, 0.1) is 13.2 Å². The molecule has 0 saturated carbocycles. The molecule has 1 aromatic rings. The van der Waals surface area contributed by atoms with Crippen LogP contribution in [0.25, 0.3) is 0 Å². The number of unbranched alkanes of at least 4 members (excludes halogenated alkanes) is 12. The van der Waals surface area contributed by atoms with E-state index in [9.17, 15) is 9.59 Å². The minimum absolute atomic E-state index is 0.222. The van der Waals surface area contributed by atoms with Crippen LogP contribution in [0, 0.1) is 0 Å². The highest BCUT2D eigenvalue weighted by molar-refractivity contribution is 6.30. The van der Waals surface area contributed by atoms with Gasteiger partial charge in [-0.15, -0.1) is 0 Å². The molecule has 0 unspecified atom stereocenters. The zero-order chi connectivity index (χ0) is 24.0. The summed E-state index contributed by atoms with van der Waals surface area (Å²) in [6.45, 7) is 3.07. The lowest BCUT2D eigenvalue weighted by Gasteiger charge is -2.06. The molecule has 0 amide bonds. The predicted molar refractivity (Wildman–Crippen MR) is 137 cm³/mol. The fourth-order valence-corrected chi connectivity index (χ4v) is 4.02. The monoisotopic (exact) mass is 480 g/mol. The Morgan fingerprint density at radius 2 is 1.21 bits per heavy atom. The van der Waals surface area contributed by atoms with Crippen LogP contribution >= 0.6 is 11.6 Å². The molecule has 0 aliphatic rings. The van der Waals surface area contributed by atoms with Gasteiger partial charge in [0.15, 0.2) is 0 Å². The second kappa shape index (κ2) is 21.0. The molecule has 1 rings (SSSR count). The van der Waals surface area contributed by atoms with Crippen LogP contribution in [0.4, 0.5) is 0 Å². The number of halogens is 1. The molecule has 0 heterocycles. The molecule has 0 atom stereocenters. The zero-order valence-electron chi connectivity index (χ0n) is 20.8. The standard InChI is InChI=1S/C28H45ClO4/c1-2-3-4-5-6-7-8-9-10-11-12-13-14-22-32-27(30)19-16-20-28(31)33-23-21-25-17-15-18-26(29)24-25/h15,17-18,24H,2-14,16,19-23H2,1H3. The summed E-state index contributed by atoms with van der Waals surface area (Å²) >= 11 is 5.94. The van der Waals surface area contributed by atoms with E-state index in [1.807, 2.05) is 24.3 Å². The third-order valence-electron chi connectivity index (χ3n) is 5.82. The molecular weight excluding hydrogens is 436 g/mol. The number of rotatable bonds is 21. The zero-order valence-corrected chi connectivity index (χ0v) is 21.5. The van der Waals surface area contributed by atoms with E-state index in [2.05, 4.69) is 6.92 Å². The van der Waals surface area contributed by atoms with Gasteiger partial charge in [-0.3, -0.25) is 9.59 Å². The van der Waals surface area contributed by atoms with E-state index in [1.54, 1.807) is 0 Å². The second-order valence-electron chi connectivity index (χ2n) is 8.92. The lowest BCUT2D eigenvalue weighted by Crippen LogP contribution is -2.10. The maximum Gasteiger partial charge on any atom is 0.305 e. The Morgan fingerprint density at radius 1 is 0.697 bits per heavy atom. The normalized spacial score (nSPS) is 10.8. The molecule has 1 aromatic carbocycles. The van der Waals surface area contributed by atoms with Crippen molar-refractivity contribution in [3.8, 4) is 0 Å². The SMILES string of the molecule is CCCCCCCCCCCCCCCOC(=O)CCCC(=O)OCCc1cccc(Cl)c1. The smallest absolute Gasteiger partial charge is 0.305 e. The van der Waals surface area contributed by atoms with Crippen molar-refractivity contribution < 1.29 is 19.1 Å². The van der Waals surface area contributed by atoms with Crippen LogP contribution in [0.15, 0.2) is 24.3 Å². The molecule has 0 aliphatic carbocycles. The van der Waals surface area contributed by atoms with Crippen molar-refractivity contribution in [3.05, 3.63) is 34.9 Å². The van der Waals surface area contributed by atoms with E-state index in [-0.39, 0.29) is 24.8 Å². The maximum atomic E-state index is 11.8. The van der Waals surface area contributed by atoms with Crippen LogP contribution in [0.1, 0.15) is 115 Å². The number of ether oxygens (including phenoxy) is 2. The van der Waals surface area contributed by atoms with Gasteiger partial charge in [0.25, 0.3) is 0 Å². The number of hydrogen-bond acceptors (Lipinski definition) is 4. The van der Waals surface area contributed by atoms with Crippen molar-refractivity contribution in [1.82, 2.24) is 0 Å². The Hall–Kier alpha value is -1.55. The van der Waals surface area contributed by atoms with Crippen LogP contribution in [-0.2, 0) is 25.5 Å². The summed E-state index contributed by atoms with van der Waals surface area (Å²) in [6, 6.07) is 7.51. The van der Waals surface area contributed by atoms with Gasteiger partial charge in [0.2, 0.25) is 0 Å². The van der Waals surface area contributed by atoms with Crippen molar-refractivity contribution in [2.45, 2.75) is 116 Å². The van der Waals surface area contributed by atoms with Crippen molar-refractivity contribution in [3.63, 3.8) is 0 Å². The summed E-state index contributed by atoms with van der Waals surface area (Å²) in [4.78, 5) is 23.6. The minimum atomic E-state index is -0.277.